The second-order valence-corrected chi connectivity index (χ2v) is 3.40. The van der Waals surface area contributed by atoms with E-state index >= 15 is 0 Å². The summed E-state index contributed by atoms with van der Waals surface area (Å²) in [5.41, 5.74) is -0.571. The Balaban J connectivity index is 2.91. The van der Waals surface area contributed by atoms with E-state index in [1.165, 1.54) is 0 Å². The van der Waals surface area contributed by atoms with E-state index < -0.39 is 35.1 Å². The number of carbonyl (C=O) groups excluding carboxylic acids is 1. The lowest BCUT2D eigenvalue weighted by Crippen LogP contribution is -2.40. The number of carboxylic acid groups (broad SMARTS) is 1. The number of halogens is 2. The zero-order chi connectivity index (χ0) is 13.7. The van der Waals surface area contributed by atoms with Gasteiger partial charge in [0.05, 0.1) is 5.56 Å². The fourth-order valence-electron chi connectivity index (χ4n) is 1.23. The van der Waals surface area contributed by atoms with Gasteiger partial charge in [0, 0.05) is 6.42 Å². The maximum absolute atomic E-state index is 13.2. The van der Waals surface area contributed by atoms with Crippen LogP contribution in [0.3, 0.4) is 0 Å². The summed E-state index contributed by atoms with van der Waals surface area (Å²) in [5.74, 6) is -2.06. The summed E-state index contributed by atoms with van der Waals surface area (Å²) < 4.78 is 26.1. The summed E-state index contributed by atoms with van der Waals surface area (Å²) in [5, 5.41) is 10.8. The van der Waals surface area contributed by atoms with Gasteiger partial charge in [-0.2, -0.15) is 0 Å². The lowest BCUT2D eigenvalue weighted by molar-refractivity contribution is -0.139. The lowest BCUT2D eigenvalue weighted by atomic mass is 10.1. The third-order valence-corrected chi connectivity index (χ3v) is 2.10. The van der Waals surface area contributed by atoms with Gasteiger partial charge in [-0.15, -0.1) is 12.3 Å². The molecule has 1 atom stereocenters. The van der Waals surface area contributed by atoms with E-state index in [-0.39, 0.29) is 6.42 Å². The van der Waals surface area contributed by atoms with Crippen molar-refractivity contribution in [2.75, 3.05) is 0 Å². The number of hydrogen-bond acceptors (Lipinski definition) is 2. The Hall–Kier alpha value is -2.42. The average molecular weight is 253 g/mol. The van der Waals surface area contributed by atoms with E-state index in [0.29, 0.717) is 6.07 Å². The van der Waals surface area contributed by atoms with Crippen molar-refractivity contribution >= 4 is 11.9 Å². The number of amides is 1. The summed E-state index contributed by atoms with van der Waals surface area (Å²) in [7, 11) is 0. The molecule has 1 aromatic rings. The van der Waals surface area contributed by atoms with E-state index in [1.54, 1.807) is 0 Å². The Morgan fingerprint density at radius 3 is 2.67 bits per heavy atom. The second kappa shape index (κ2) is 5.77. The third kappa shape index (κ3) is 3.28. The summed E-state index contributed by atoms with van der Waals surface area (Å²) in [6, 6.07) is 0.966. The molecule has 1 aromatic carbocycles. The van der Waals surface area contributed by atoms with Crippen molar-refractivity contribution in [1.29, 1.82) is 0 Å². The van der Waals surface area contributed by atoms with Gasteiger partial charge in [-0.3, -0.25) is 4.79 Å². The Morgan fingerprint density at radius 1 is 1.44 bits per heavy atom. The normalized spacial score (nSPS) is 11.4. The number of hydrogen-bond donors (Lipinski definition) is 2. The molecule has 0 aromatic heterocycles. The van der Waals surface area contributed by atoms with Crippen LogP contribution in [0.4, 0.5) is 8.78 Å². The van der Waals surface area contributed by atoms with Crippen molar-refractivity contribution in [2.24, 2.45) is 0 Å². The molecule has 0 saturated carbocycles. The van der Waals surface area contributed by atoms with E-state index in [4.69, 9.17) is 11.5 Å². The highest BCUT2D eigenvalue weighted by atomic mass is 19.1. The number of carbonyl (C=O) groups is 2. The number of carboxylic acids is 1. The average Bonchev–Trinajstić information content (AvgIpc) is 2.31. The number of benzene rings is 1. The van der Waals surface area contributed by atoms with Crippen LogP contribution in [0.25, 0.3) is 0 Å². The van der Waals surface area contributed by atoms with Crippen LogP contribution in [0.15, 0.2) is 18.2 Å². The highest BCUT2D eigenvalue weighted by molar-refractivity contribution is 5.96. The minimum absolute atomic E-state index is 0.252. The van der Waals surface area contributed by atoms with Crippen LogP contribution >= 0.6 is 0 Å². The molecule has 1 rings (SSSR count). The largest absolute Gasteiger partial charge is 0.480 e. The van der Waals surface area contributed by atoms with Gasteiger partial charge in [-0.05, 0) is 18.2 Å². The first-order valence-electron chi connectivity index (χ1n) is 4.88. The Kier molecular flexibility index (Phi) is 4.38. The Morgan fingerprint density at radius 2 is 2.11 bits per heavy atom. The monoisotopic (exact) mass is 253 g/mol. The van der Waals surface area contributed by atoms with Gasteiger partial charge in [0.1, 0.15) is 17.7 Å². The van der Waals surface area contributed by atoms with Gasteiger partial charge >= 0.3 is 5.97 Å². The molecule has 6 heteroatoms. The number of terminal acetylenes is 1. The molecule has 1 unspecified atom stereocenters. The third-order valence-electron chi connectivity index (χ3n) is 2.10. The lowest BCUT2D eigenvalue weighted by Gasteiger charge is -2.12. The molecule has 0 heterocycles. The molecule has 0 aliphatic rings. The maximum Gasteiger partial charge on any atom is 0.327 e. The van der Waals surface area contributed by atoms with E-state index in [9.17, 15) is 18.4 Å². The predicted molar refractivity (Wildman–Crippen MR) is 58.7 cm³/mol. The highest BCUT2D eigenvalue weighted by Crippen LogP contribution is 2.10. The first kappa shape index (κ1) is 13.6. The molecule has 0 radical (unpaired) electrons. The molecule has 0 fully saturated rings. The molecular weight excluding hydrogens is 244 g/mol. The van der Waals surface area contributed by atoms with E-state index in [0.717, 1.165) is 12.1 Å². The van der Waals surface area contributed by atoms with Gasteiger partial charge in [-0.25, -0.2) is 13.6 Å². The second-order valence-electron chi connectivity index (χ2n) is 3.40. The zero-order valence-electron chi connectivity index (χ0n) is 9.11. The highest BCUT2D eigenvalue weighted by Gasteiger charge is 2.21. The number of nitrogens with one attached hydrogen (secondary N) is 1. The molecule has 0 aliphatic carbocycles. The molecule has 2 N–H and O–H groups in total. The molecule has 1 amide bonds. The van der Waals surface area contributed by atoms with Crippen molar-refractivity contribution in [3.63, 3.8) is 0 Å². The smallest absolute Gasteiger partial charge is 0.327 e. The molecule has 0 bridgehead atoms. The SMILES string of the molecule is C#CCC(NC(=O)c1cc(F)ccc1F)C(=O)O. The van der Waals surface area contributed by atoms with Crippen LogP contribution < -0.4 is 5.32 Å². The molecule has 94 valence electrons. The fourth-order valence-corrected chi connectivity index (χ4v) is 1.23. The topological polar surface area (TPSA) is 66.4 Å². The van der Waals surface area contributed by atoms with Crippen molar-refractivity contribution < 1.29 is 23.5 Å². The van der Waals surface area contributed by atoms with Crippen LogP contribution in [-0.2, 0) is 4.79 Å². The first-order chi connectivity index (χ1) is 8.45. The van der Waals surface area contributed by atoms with E-state index in [2.05, 4.69) is 5.92 Å². The van der Waals surface area contributed by atoms with Crippen LogP contribution in [0.5, 0.6) is 0 Å². The summed E-state index contributed by atoms with van der Waals surface area (Å²) >= 11 is 0. The van der Waals surface area contributed by atoms with Gasteiger partial charge in [0.25, 0.3) is 5.91 Å². The molecular formula is C12H9F2NO3. The zero-order valence-corrected chi connectivity index (χ0v) is 9.11. The van der Waals surface area contributed by atoms with Crippen LogP contribution in [0.1, 0.15) is 16.8 Å². The maximum atomic E-state index is 13.2. The van der Waals surface area contributed by atoms with Gasteiger partial charge < -0.3 is 10.4 Å². The van der Waals surface area contributed by atoms with Crippen molar-refractivity contribution in [1.82, 2.24) is 5.32 Å². The molecule has 0 aliphatic heterocycles. The standard InChI is InChI=1S/C12H9F2NO3/c1-2-3-10(12(17)18)15-11(16)8-6-7(13)4-5-9(8)14/h1,4-6,10H,3H2,(H,15,16)(H,17,18). The minimum Gasteiger partial charge on any atom is -0.480 e. The minimum atomic E-state index is -1.35. The number of aliphatic carboxylic acids is 1. The summed E-state index contributed by atoms with van der Waals surface area (Å²) in [4.78, 5) is 22.3. The molecule has 18 heavy (non-hydrogen) atoms. The first-order valence-corrected chi connectivity index (χ1v) is 4.88. The Bertz CT molecular complexity index is 523. The van der Waals surface area contributed by atoms with Crippen molar-refractivity contribution in [2.45, 2.75) is 12.5 Å². The van der Waals surface area contributed by atoms with Gasteiger partial charge in [-0.1, -0.05) is 0 Å². The van der Waals surface area contributed by atoms with Gasteiger partial charge in [0.15, 0.2) is 0 Å². The van der Waals surface area contributed by atoms with Crippen molar-refractivity contribution in [3.8, 4) is 12.3 Å². The van der Waals surface area contributed by atoms with Crippen molar-refractivity contribution in [3.05, 3.63) is 35.4 Å². The number of rotatable bonds is 4. The molecule has 0 saturated heterocycles. The summed E-state index contributed by atoms with van der Waals surface area (Å²) in [6.07, 6.45) is 4.68. The fraction of sp³-hybridized carbons (Fsp3) is 0.167. The summed E-state index contributed by atoms with van der Waals surface area (Å²) in [6.45, 7) is 0. The molecule has 4 nitrogen and oxygen atoms in total. The van der Waals surface area contributed by atoms with Crippen LogP contribution in [-0.4, -0.2) is 23.0 Å². The van der Waals surface area contributed by atoms with Crippen LogP contribution in [0, 0.1) is 24.0 Å². The van der Waals surface area contributed by atoms with Gasteiger partial charge in [0.2, 0.25) is 0 Å². The van der Waals surface area contributed by atoms with E-state index in [1.807, 2.05) is 5.32 Å². The quantitative estimate of drug-likeness (QED) is 0.791. The predicted octanol–water partition coefficient (Wildman–Crippen LogP) is 1.17. The Labute approximate surface area is 102 Å². The molecule has 0 spiro atoms. The van der Waals surface area contributed by atoms with Crippen LogP contribution in [0.2, 0.25) is 0 Å².